The molecule has 2 N–H and O–H groups in total. The zero-order valence-electron chi connectivity index (χ0n) is 15.8. The second kappa shape index (κ2) is 9.20. The van der Waals surface area contributed by atoms with Crippen molar-refractivity contribution in [3.05, 3.63) is 84.2 Å². The minimum absolute atomic E-state index is 0.171. The van der Waals surface area contributed by atoms with Crippen molar-refractivity contribution in [3.8, 4) is 5.75 Å². The van der Waals surface area contributed by atoms with Crippen LogP contribution in [-0.4, -0.2) is 26.5 Å². The maximum atomic E-state index is 12.7. The molecule has 0 aliphatic heterocycles. The molecule has 150 valence electrons. The summed E-state index contributed by atoms with van der Waals surface area (Å²) in [5.41, 5.74) is 1.96. The van der Waals surface area contributed by atoms with Gasteiger partial charge in [0.25, 0.3) is 0 Å². The molecular weight excluding hydrogens is 390 g/mol. The third-order valence-corrected chi connectivity index (χ3v) is 5.87. The largest absolute Gasteiger partial charge is 0.496 e. The molecule has 0 spiro atoms. The Morgan fingerprint density at radius 1 is 1.03 bits per heavy atom. The fourth-order valence-electron chi connectivity index (χ4n) is 2.72. The van der Waals surface area contributed by atoms with E-state index in [1.54, 1.807) is 54.9 Å². The summed E-state index contributed by atoms with van der Waals surface area (Å²) in [5, 5.41) is 5.39. The van der Waals surface area contributed by atoms with Gasteiger partial charge < -0.3 is 15.4 Å². The van der Waals surface area contributed by atoms with Crippen molar-refractivity contribution in [2.45, 2.75) is 17.2 Å². The van der Waals surface area contributed by atoms with Crippen LogP contribution < -0.4 is 15.4 Å². The van der Waals surface area contributed by atoms with E-state index in [1.165, 1.54) is 19.2 Å². The first-order chi connectivity index (χ1) is 14.0. The van der Waals surface area contributed by atoms with Crippen LogP contribution >= 0.6 is 0 Å². The van der Waals surface area contributed by atoms with Crippen LogP contribution in [0.15, 0.2) is 78.0 Å². The third kappa shape index (κ3) is 5.55. The maximum Gasteiger partial charge on any atom is 0.319 e. The monoisotopic (exact) mass is 411 g/mol. The predicted octanol–water partition coefficient (Wildman–Crippen LogP) is 3.39. The Bertz CT molecular complexity index is 1070. The molecule has 7 nitrogen and oxygen atoms in total. The van der Waals surface area contributed by atoms with Gasteiger partial charge in [-0.05, 0) is 42.0 Å². The van der Waals surface area contributed by atoms with Gasteiger partial charge in [-0.2, -0.15) is 0 Å². The Morgan fingerprint density at radius 3 is 2.48 bits per heavy atom. The smallest absolute Gasteiger partial charge is 0.319 e. The quantitative estimate of drug-likeness (QED) is 0.621. The van der Waals surface area contributed by atoms with E-state index in [9.17, 15) is 13.2 Å². The molecule has 1 heterocycles. The summed E-state index contributed by atoms with van der Waals surface area (Å²) in [7, 11) is -2.05. The molecule has 29 heavy (non-hydrogen) atoms. The van der Waals surface area contributed by atoms with Gasteiger partial charge in [-0.25, -0.2) is 13.2 Å². The van der Waals surface area contributed by atoms with Crippen molar-refractivity contribution in [2.75, 3.05) is 12.4 Å². The first-order valence-electron chi connectivity index (χ1n) is 8.86. The van der Waals surface area contributed by atoms with E-state index in [0.29, 0.717) is 23.5 Å². The Morgan fingerprint density at radius 2 is 1.79 bits per heavy atom. The van der Waals surface area contributed by atoms with E-state index in [0.717, 1.165) is 5.56 Å². The molecular formula is C21H21N3O4S. The number of urea groups is 1. The minimum atomic E-state index is -3.55. The molecule has 0 atom stereocenters. The van der Waals surface area contributed by atoms with Gasteiger partial charge in [0.05, 0.1) is 17.8 Å². The van der Waals surface area contributed by atoms with E-state index in [-0.39, 0.29) is 10.6 Å². The Balaban J connectivity index is 1.62. The molecule has 0 saturated heterocycles. The lowest BCUT2D eigenvalue weighted by Crippen LogP contribution is -2.28. The Labute approximate surface area is 169 Å². The van der Waals surface area contributed by atoms with Crippen LogP contribution in [0, 0.1) is 0 Å². The first-order valence-corrected chi connectivity index (χ1v) is 10.5. The summed E-state index contributed by atoms with van der Waals surface area (Å²) in [6, 6.07) is 16.3. The lowest BCUT2D eigenvalue weighted by Gasteiger charge is -2.10. The number of para-hydroxylation sites is 1. The number of ether oxygens (including phenoxy) is 1. The topological polar surface area (TPSA) is 97.4 Å². The zero-order valence-corrected chi connectivity index (χ0v) is 16.6. The number of aromatic nitrogens is 1. The highest BCUT2D eigenvalue weighted by Gasteiger charge is 2.18. The molecule has 0 aliphatic carbocycles. The number of nitrogens with one attached hydrogen (secondary N) is 2. The highest BCUT2D eigenvalue weighted by Crippen LogP contribution is 2.24. The number of carbonyl (C=O) groups is 1. The molecule has 0 saturated carbocycles. The number of pyridine rings is 1. The van der Waals surface area contributed by atoms with Gasteiger partial charge in [0.15, 0.2) is 9.84 Å². The van der Waals surface area contributed by atoms with Crippen LogP contribution in [0.1, 0.15) is 11.1 Å². The second-order valence-electron chi connectivity index (χ2n) is 6.26. The van der Waals surface area contributed by atoms with Crippen LogP contribution in [0.3, 0.4) is 0 Å². The van der Waals surface area contributed by atoms with Crippen molar-refractivity contribution >= 4 is 21.6 Å². The third-order valence-electron chi connectivity index (χ3n) is 4.19. The Hall–Kier alpha value is -3.39. The van der Waals surface area contributed by atoms with Gasteiger partial charge in [0.2, 0.25) is 0 Å². The summed E-state index contributed by atoms with van der Waals surface area (Å²) in [5.74, 6) is 0.356. The second-order valence-corrected chi connectivity index (χ2v) is 8.25. The number of carbonyl (C=O) groups excluding carboxylic acids is 1. The van der Waals surface area contributed by atoms with E-state index in [4.69, 9.17) is 4.74 Å². The molecule has 0 fully saturated rings. The van der Waals surface area contributed by atoms with E-state index >= 15 is 0 Å². The molecule has 3 aromatic rings. The zero-order chi connectivity index (χ0) is 20.7. The van der Waals surface area contributed by atoms with Gasteiger partial charge in [0, 0.05) is 30.2 Å². The molecule has 1 aromatic heterocycles. The number of sulfone groups is 1. The van der Waals surface area contributed by atoms with Gasteiger partial charge in [-0.3, -0.25) is 4.98 Å². The number of nitrogens with zero attached hydrogens (tertiary/aromatic N) is 1. The molecule has 2 amide bonds. The molecule has 0 radical (unpaired) electrons. The lowest BCUT2D eigenvalue weighted by molar-refractivity contribution is 0.251. The summed E-state index contributed by atoms with van der Waals surface area (Å²) in [6.45, 7) is 0.338. The summed E-state index contributed by atoms with van der Waals surface area (Å²) in [6.07, 6.45) is 3.33. The highest BCUT2D eigenvalue weighted by atomic mass is 32.2. The Kier molecular flexibility index (Phi) is 6.46. The van der Waals surface area contributed by atoms with Crippen LogP contribution in [0.5, 0.6) is 5.75 Å². The lowest BCUT2D eigenvalue weighted by atomic mass is 10.2. The normalized spacial score (nSPS) is 10.9. The molecule has 3 rings (SSSR count). The summed E-state index contributed by atoms with van der Waals surface area (Å²) in [4.78, 5) is 16.2. The number of anilines is 1. The van der Waals surface area contributed by atoms with Crippen molar-refractivity contribution < 1.29 is 17.9 Å². The fourth-order valence-corrected chi connectivity index (χ4v) is 4.08. The van der Waals surface area contributed by atoms with Gasteiger partial charge >= 0.3 is 6.03 Å². The highest BCUT2D eigenvalue weighted by molar-refractivity contribution is 7.90. The average molecular weight is 411 g/mol. The maximum absolute atomic E-state index is 12.7. The van der Waals surface area contributed by atoms with E-state index in [2.05, 4.69) is 15.6 Å². The van der Waals surface area contributed by atoms with Gasteiger partial charge in [-0.1, -0.05) is 24.3 Å². The van der Waals surface area contributed by atoms with Gasteiger partial charge in [-0.15, -0.1) is 0 Å². The number of amides is 2. The molecule has 8 heteroatoms. The molecule has 0 unspecified atom stereocenters. The minimum Gasteiger partial charge on any atom is -0.496 e. The number of hydrogen-bond donors (Lipinski definition) is 2. The summed E-state index contributed by atoms with van der Waals surface area (Å²) < 4.78 is 30.6. The van der Waals surface area contributed by atoms with Crippen molar-refractivity contribution in [2.24, 2.45) is 0 Å². The molecule has 0 bridgehead atoms. The SMILES string of the molecule is COc1ccccc1CS(=O)(=O)c1ccc(NC(=O)NCc2cccnc2)cc1. The first kappa shape index (κ1) is 20.3. The van der Waals surface area contributed by atoms with Gasteiger partial charge in [0.1, 0.15) is 5.75 Å². The average Bonchev–Trinajstić information content (AvgIpc) is 2.73. The van der Waals surface area contributed by atoms with Crippen LogP contribution in [0.2, 0.25) is 0 Å². The fraction of sp³-hybridized carbons (Fsp3) is 0.143. The van der Waals surface area contributed by atoms with Crippen molar-refractivity contribution in [3.63, 3.8) is 0 Å². The molecule has 2 aromatic carbocycles. The number of rotatable bonds is 7. The van der Waals surface area contributed by atoms with Crippen molar-refractivity contribution in [1.82, 2.24) is 10.3 Å². The molecule has 0 aliphatic rings. The van der Waals surface area contributed by atoms with Crippen LogP contribution in [-0.2, 0) is 22.1 Å². The number of hydrogen-bond acceptors (Lipinski definition) is 5. The number of methoxy groups -OCH3 is 1. The number of benzene rings is 2. The summed E-state index contributed by atoms with van der Waals surface area (Å²) >= 11 is 0. The van der Waals surface area contributed by atoms with Crippen LogP contribution in [0.25, 0.3) is 0 Å². The van der Waals surface area contributed by atoms with E-state index in [1.807, 2.05) is 6.07 Å². The van der Waals surface area contributed by atoms with Crippen molar-refractivity contribution in [1.29, 1.82) is 0 Å². The van der Waals surface area contributed by atoms with E-state index < -0.39 is 15.9 Å². The standard InChI is InChI=1S/C21H21N3O4S/c1-28-20-7-3-2-6-17(20)15-29(26,27)19-10-8-18(9-11-19)24-21(25)23-14-16-5-4-12-22-13-16/h2-13H,14-15H2,1H3,(H2,23,24,25). The predicted molar refractivity (Wildman–Crippen MR) is 110 cm³/mol. The van der Waals surface area contributed by atoms with Crippen LogP contribution in [0.4, 0.5) is 10.5 Å².